The topological polar surface area (TPSA) is 87.7 Å². The smallest absolute Gasteiger partial charge is 0.408 e. The van der Waals surface area contributed by atoms with Gasteiger partial charge >= 0.3 is 6.09 Å². The maximum Gasteiger partial charge on any atom is 0.408 e. The van der Waals surface area contributed by atoms with Crippen LogP contribution >= 0.6 is 0 Å². The second kappa shape index (κ2) is 9.57. The molecule has 0 saturated carbocycles. The average molecular weight is 389 g/mol. The van der Waals surface area contributed by atoms with E-state index in [0.717, 1.165) is 11.1 Å². The normalized spacial score (nSPS) is 15.1. The van der Waals surface area contributed by atoms with Gasteiger partial charge in [0.15, 0.2) is 0 Å². The Morgan fingerprint density at radius 2 is 1.86 bits per heavy atom. The number of nitrogens with one attached hydrogen (secondary N) is 2. The van der Waals surface area contributed by atoms with Crippen molar-refractivity contribution < 1.29 is 19.1 Å². The Hall–Kier alpha value is -2.57. The number of rotatable bonds is 5. The van der Waals surface area contributed by atoms with Crippen LogP contribution in [0.4, 0.5) is 4.79 Å². The second-order valence-electron chi connectivity index (χ2n) is 8.24. The van der Waals surface area contributed by atoms with E-state index < -0.39 is 11.7 Å². The number of piperidine rings is 1. The van der Waals surface area contributed by atoms with E-state index in [-0.39, 0.29) is 24.4 Å². The molecule has 0 aromatic heterocycles. The molecule has 1 saturated heterocycles. The molecule has 0 bridgehead atoms. The number of carbonyl (C=O) groups is 3. The third-order valence-electron chi connectivity index (χ3n) is 4.44. The molecule has 0 unspecified atom stereocenters. The quantitative estimate of drug-likeness (QED) is 0.808. The van der Waals surface area contributed by atoms with E-state index in [0.29, 0.717) is 32.4 Å². The average Bonchev–Trinajstić information content (AvgIpc) is 2.59. The lowest BCUT2D eigenvalue weighted by molar-refractivity contribution is -0.131. The molecular formula is C21H31N3O4. The molecule has 0 atom stereocenters. The van der Waals surface area contributed by atoms with E-state index in [2.05, 4.69) is 10.6 Å². The van der Waals surface area contributed by atoms with Crippen molar-refractivity contribution in [1.29, 1.82) is 0 Å². The molecule has 1 aliphatic rings. The maximum absolute atomic E-state index is 12.2. The molecule has 2 N–H and O–H groups in total. The van der Waals surface area contributed by atoms with Gasteiger partial charge in [0.1, 0.15) is 12.1 Å². The van der Waals surface area contributed by atoms with Crippen molar-refractivity contribution in [3.63, 3.8) is 0 Å². The Balaban J connectivity index is 1.69. The Kier molecular flexibility index (Phi) is 7.43. The molecule has 3 amide bonds. The summed E-state index contributed by atoms with van der Waals surface area (Å²) < 4.78 is 5.12. The Morgan fingerprint density at radius 1 is 1.18 bits per heavy atom. The summed E-state index contributed by atoms with van der Waals surface area (Å²) in [4.78, 5) is 37.8. The van der Waals surface area contributed by atoms with Crippen molar-refractivity contribution in [3.8, 4) is 0 Å². The molecule has 0 aliphatic carbocycles. The lowest BCUT2D eigenvalue weighted by atomic mass is 10.0. The first-order chi connectivity index (χ1) is 13.1. The summed E-state index contributed by atoms with van der Waals surface area (Å²) in [6.07, 6.45) is 1.18. The first-order valence-electron chi connectivity index (χ1n) is 9.72. The van der Waals surface area contributed by atoms with Crippen LogP contribution in [0, 0.1) is 6.92 Å². The Morgan fingerprint density at radius 3 is 2.46 bits per heavy atom. The summed E-state index contributed by atoms with van der Waals surface area (Å²) >= 11 is 0. The minimum atomic E-state index is -0.598. The molecule has 1 aromatic carbocycles. The van der Waals surface area contributed by atoms with Gasteiger partial charge in [0, 0.05) is 19.1 Å². The third kappa shape index (κ3) is 7.58. The summed E-state index contributed by atoms with van der Waals surface area (Å²) in [5, 5.41) is 5.55. The summed E-state index contributed by atoms with van der Waals surface area (Å²) in [6, 6.07) is 7.99. The van der Waals surface area contributed by atoms with Crippen molar-refractivity contribution in [2.24, 2.45) is 0 Å². The standard InChI is InChI=1S/C21H31N3O4/c1-15-6-5-7-16(12-15)13-18(25)23-17-8-10-24(11-9-17)19(26)14-22-20(27)28-21(2,3)4/h5-7,12,17H,8-11,13-14H2,1-4H3,(H,22,27)(H,23,25). The van der Waals surface area contributed by atoms with E-state index in [1.807, 2.05) is 31.2 Å². The number of hydrogen-bond donors (Lipinski definition) is 2. The molecule has 1 aromatic rings. The molecule has 0 radical (unpaired) electrons. The van der Waals surface area contributed by atoms with Crippen molar-refractivity contribution in [1.82, 2.24) is 15.5 Å². The number of ether oxygens (including phenoxy) is 1. The van der Waals surface area contributed by atoms with E-state index in [4.69, 9.17) is 4.74 Å². The largest absolute Gasteiger partial charge is 0.444 e. The van der Waals surface area contributed by atoms with Gasteiger partial charge in [0.2, 0.25) is 11.8 Å². The third-order valence-corrected chi connectivity index (χ3v) is 4.44. The summed E-state index contributed by atoms with van der Waals surface area (Å²) in [5.74, 6) is -0.141. The fraction of sp³-hybridized carbons (Fsp3) is 0.571. The van der Waals surface area contributed by atoms with E-state index in [9.17, 15) is 14.4 Å². The highest BCUT2D eigenvalue weighted by molar-refractivity contribution is 5.82. The molecule has 1 heterocycles. The van der Waals surface area contributed by atoms with Crippen molar-refractivity contribution >= 4 is 17.9 Å². The molecule has 1 aliphatic heterocycles. The molecule has 7 heteroatoms. The highest BCUT2D eigenvalue weighted by Gasteiger charge is 2.24. The van der Waals surface area contributed by atoms with Gasteiger partial charge < -0.3 is 20.3 Å². The monoisotopic (exact) mass is 389 g/mol. The molecule has 7 nitrogen and oxygen atoms in total. The Bertz CT molecular complexity index is 704. The van der Waals surface area contributed by atoms with E-state index >= 15 is 0 Å². The van der Waals surface area contributed by atoms with Crippen LogP contribution in [0.3, 0.4) is 0 Å². The number of alkyl carbamates (subject to hydrolysis) is 1. The molecule has 154 valence electrons. The van der Waals surface area contributed by atoms with Gasteiger partial charge in [-0.05, 0) is 46.1 Å². The van der Waals surface area contributed by atoms with Crippen LogP contribution in [-0.2, 0) is 20.7 Å². The zero-order chi connectivity index (χ0) is 20.7. The number of nitrogens with zero attached hydrogens (tertiary/aromatic N) is 1. The minimum absolute atomic E-state index is 0.00182. The van der Waals surface area contributed by atoms with Crippen LogP contribution in [0.2, 0.25) is 0 Å². The van der Waals surface area contributed by atoms with Gasteiger partial charge in [-0.25, -0.2) is 4.79 Å². The molecule has 28 heavy (non-hydrogen) atoms. The van der Waals surface area contributed by atoms with Gasteiger partial charge in [-0.1, -0.05) is 29.8 Å². The number of hydrogen-bond acceptors (Lipinski definition) is 4. The number of likely N-dealkylation sites (tertiary alicyclic amines) is 1. The van der Waals surface area contributed by atoms with Gasteiger partial charge in [0.25, 0.3) is 0 Å². The SMILES string of the molecule is Cc1cccc(CC(=O)NC2CCN(C(=O)CNC(=O)OC(C)(C)C)CC2)c1. The van der Waals surface area contributed by atoms with Crippen LogP contribution in [0.15, 0.2) is 24.3 Å². The van der Waals surface area contributed by atoms with Gasteiger partial charge in [-0.2, -0.15) is 0 Å². The zero-order valence-corrected chi connectivity index (χ0v) is 17.2. The van der Waals surface area contributed by atoms with Crippen LogP contribution in [-0.4, -0.2) is 54.1 Å². The lowest BCUT2D eigenvalue weighted by Gasteiger charge is -2.32. The van der Waals surface area contributed by atoms with Gasteiger partial charge in [0.05, 0.1) is 6.42 Å². The van der Waals surface area contributed by atoms with E-state index in [1.165, 1.54) is 0 Å². The van der Waals surface area contributed by atoms with Crippen molar-refractivity contribution in [3.05, 3.63) is 35.4 Å². The molecule has 2 rings (SSSR count). The van der Waals surface area contributed by atoms with Crippen LogP contribution < -0.4 is 10.6 Å². The lowest BCUT2D eigenvalue weighted by Crippen LogP contribution is -2.49. The number of aryl methyl sites for hydroxylation is 1. The number of carbonyl (C=O) groups excluding carboxylic acids is 3. The van der Waals surface area contributed by atoms with Gasteiger partial charge in [-0.3, -0.25) is 9.59 Å². The number of amides is 3. The maximum atomic E-state index is 12.2. The predicted molar refractivity (Wildman–Crippen MR) is 107 cm³/mol. The molecule has 1 fully saturated rings. The number of benzene rings is 1. The first kappa shape index (κ1) is 21.7. The fourth-order valence-electron chi connectivity index (χ4n) is 3.13. The predicted octanol–water partition coefficient (Wildman–Crippen LogP) is 2.17. The minimum Gasteiger partial charge on any atom is -0.444 e. The van der Waals surface area contributed by atoms with Crippen LogP contribution in [0.25, 0.3) is 0 Å². The summed E-state index contributed by atoms with van der Waals surface area (Å²) in [6.45, 7) is 8.35. The Labute approximate surface area is 166 Å². The molecule has 0 spiro atoms. The highest BCUT2D eigenvalue weighted by atomic mass is 16.6. The fourth-order valence-corrected chi connectivity index (χ4v) is 3.13. The second-order valence-corrected chi connectivity index (χ2v) is 8.24. The van der Waals surface area contributed by atoms with E-state index in [1.54, 1.807) is 25.7 Å². The van der Waals surface area contributed by atoms with Crippen LogP contribution in [0.5, 0.6) is 0 Å². The summed E-state index contributed by atoms with van der Waals surface area (Å²) in [5.41, 5.74) is 1.54. The first-order valence-corrected chi connectivity index (χ1v) is 9.72. The van der Waals surface area contributed by atoms with Crippen LogP contribution in [0.1, 0.15) is 44.7 Å². The zero-order valence-electron chi connectivity index (χ0n) is 17.2. The highest BCUT2D eigenvalue weighted by Crippen LogP contribution is 2.12. The van der Waals surface area contributed by atoms with Gasteiger partial charge in [-0.15, -0.1) is 0 Å². The molecular weight excluding hydrogens is 358 g/mol. The van der Waals surface area contributed by atoms with Crippen molar-refractivity contribution in [2.75, 3.05) is 19.6 Å². The van der Waals surface area contributed by atoms with Crippen molar-refractivity contribution in [2.45, 2.75) is 58.6 Å². The summed E-state index contributed by atoms with van der Waals surface area (Å²) in [7, 11) is 0.